The van der Waals surface area contributed by atoms with Crippen LogP contribution in [0.1, 0.15) is 43.9 Å². The third-order valence-electron chi connectivity index (χ3n) is 9.04. The fourth-order valence-corrected chi connectivity index (χ4v) is 7.47. The lowest BCUT2D eigenvalue weighted by atomic mass is 9.64. The predicted molar refractivity (Wildman–Crippen MR) is 130 cm³/mol. The van der Waals surface area contributed by atoms with Gasteiger partial charge in [-0.15, -0.1) is 0 Å². The number of fused-ring (bicyclic) bond motifs is 1. The molecule has 3 saturated heterocycles. The summed E-state index contributed by atoms with van der Waals surface area (Å²) in [6.45, 7) is 6.78. The van der Waals surface area contributed by atoms with Gasteiger partial charge in [0, 0.05) is 55.4 Å². The Bertz CT molecular complexity index is 964. The zero-order chi connectivity index (χ0) is 22.4. The maximum atomic E-state index is 5.52. The van der Waals surface area contributed by atoms with Gasteiger partial charge < -0.3 is 9.64 Å². The molecule has 0 spiro atoms. The van der Waals surface area contributed by atoms with E-state index in [9.17, 15) is 0 Å². The van der Waals surface area contributed by atoms with E-state index < -0.39 is 0 Å². The van der Waals surface area contributed by atoms with Crippen LogP contribution in [0.2, 0.25) is 0 Å². The fraction of sp³-hybridized carbons (Fsp3) is 0.630. The molecule has 2 aromatic rings. The van der Waals surface area contributed by atoms with Crippen molar-refractivity contribution < 1.29 is 4.74 Å². The number of anilines is 1. The van der Waals surface area contributed by atoms with Crippen LogP contribution in [0.15, 0.2) is 42.6 Å². The first-order valence-corrected chi connectivity index (χ1v) is 12.8. The van der Waals surface area contributed by atoms with Crippen molar-refractivity contribution in [2.45, 2.75) is 69.7 Å². The highest BCUT2D eigenvalue weighted by atomic mass is 16.5. The Morgan fingerprint density at radius 1 is 1.06 bits per heavy atom. The SMILES string of the molecule is CN1[C@H](Cc2ccccc2)[C@@H]2C[C@@]3(C)[C@H](CCC[C@@H]13)N2Cc1ccnc(N2CCOCC2)n1. The van der Waals surface area contributed by atoms with Crippen molar-refractivity contribution in [2.24, 2.45) is 5.41 Å². The van der Waals surface area contributed by atoms with Crippen LogP contribution in [0, 0.1) is 5.41 Å². The molecule has 176 valence electrons. The number of hydrogen-bond acceptors (Lipinski definition) is 6. The number of aromatic nitrogens is 2. The molecule has 6 heteroatoms. The maximum Gasteiger partial charge on any atom is 0.225 e. The first-order chi connectivity index (χ1) is 16.1. The van der Waals surface area contributed by atoms with E-state index in [-0.39, 0.29) is 0 Å². The Kier molecular flexibility index (Phi) is 5.63. The van der Waals surface area contributed by atoms with Gasteiger partial charge >= 0.3 is 0 Å². The third kappa shape index (κ3) is 3.76. The van der Waals surface area contributed by atoms with Crippen LogP contribution < -0.4 is 4.90 Å². The summed E-state index contributed by atoms with van der Waals surface area (Å²) in [5, 5.41) is 0. The molecule has 5 atom stereocenters. The Labute approximate surface area is 198 Å². The van der Waals surface area contributed by atoms with Crippen molar-refractivity contribution in [1.82, 2.24) is 19.8 Å². The molecule has 33 heavy (non-hydrogen) atoms. The van der Waals surface area contributed by atoms with Gasteiger partial charge in [0.15, 0.2) is 0 Å². The second kappa shape index (κ2) is 8.64. The molecule has 4 aliphatic rings. The number of nitrogens with zero attached hydrogens (tertiary/aromatic N) is 5. The molecule has 1 aliphatic carbocycles. The number of rotatable bonds is 5. The molecule has 0 amide bonds. The monoisotopic (exact) mass is 447 g/mol. The van der Waals surface area contributed by atoms with E-state index in [0.717, 1.165) is 50.9 Å². The molecule has 4 heterocycles. The lowest BCUT2D eigenvalue weighted by Crippen LogP contribution is -2.59. The molecular formula is C27H37N5O. The second-order valence-corrected chi connectivity index (χ2v) is 10.8. The quantitative estimate of drug-likeness (QED) is 0.700. The Hall–Kier alpha value is -2.02. The van der Waals surface area contributed by atoms with Crippen molar-refractivity contribution in [3.63, 3.8) is 0 Å². The van der Waals surface area contributed by atoms with E-state index in [1.807, 2.05) is 6.20 Å². The van der Waals surface area contributed by atoms with Gasteiger partial charge in [-0.25, -0.2) is 9.97 Å². The summed E-state index contributed by atoms with van der Waals surface area (Å²) in [6, 6.07) is 15.7. The summed E-state index contributed by atoms with van der Waals surface area (Å²) in [6.07, 6.45) is 8.38. The topological polar surface area (TPSA) is 44.7 Å². The highest BCUT2D eigenvalue weighted by molar-refractivity contribution is 5.31. The van der Waals surface area contributed by atoms with Crippen LogP contribution in [0.3, 0.4) is 0 Å². The van der Waals surface area contributed by atoms with Gasteiger partial charge in [-0.3, -0.25) is 9.80 Å². The molecule has 1 saturated carbocycles. The van der Waals surface area contributed by atoms with Gasteiger partial charge in [0.2, 0.25) is 5.95 Å². The van der Waals surface area contributed by atoms with E-state index >= 15 is 0 Å². The molecule has 1 aromatic carbocycles. The average molecular weight is 448 g/mol. The first-order valence-electron chi connectivity index (χ1n) is 12.8. The van der Waals surface area contributed by atoms with E-state index in [1.165, 1.54) is 31.2 Å². The van der Waals surface area contributed by atoms with Crippen molar-refractivity contribution in [3.05, 3.63) is 53.9 Å². The number of hydrogen-bond donors (Lipinski definition) is 0. The first kappa shape index (κ1) is 21.5. The summed E-state index contributed by atoms with van der Waals surface area (Å²) in [7, 11) is 2.40. The zero-order valence-electron chi connectivity index (χ0n) is 20.1. The van der Waals surface area contributed by atoms with Crippen LogP contribution >= 0.6 is 0 Å². The minimum atomic E-state index is 0.380. The van der Waals surface area contributed by atoms with Gasteiger partial charge in [0.1, 0.15) is 0 Å². The van der Waals surface area contributed by atoms with Gasteiger partial charge in [0.25, 0.3) is 0 Å². The number of piperidine rings is 1. The molecule has 0 unspecified atom stereocenters. The molecule has 0 radical (unpaired) electrons. The Morgan fingerprint density at radius 2 is 1.85 bits per heavy atom. The minimum absolute atomic E-state index is 0.380. The number of benzene rings is 1. The number of likely N-dealkylation sites (tertiary alicyclic amines) is 2. The standard InChI is InChI=1S/C27H37N5O/c1-27-18-23-22(17-20-7-4-3-5-8-20)30(2)24(27)9-6-10-25(27)32(23)19-21-11-12-28-26(29-21)31-13-15-33-16-14-31/h3-5,7-8,11-12,22-25H,6,9-10,13-19H2,1-2H3/t22-,23+,24-,25+,27-/m1/s1. The van der Waals surface area contributed by atoms with Crippen molar-refractivity contribution in [1.29, 1.82) is 0 Å². The largest absolute Gasteiger partial charge is 0.378 e. The molecule has 0 N–H and O–H groups in total. The molecular weight excluding hydrogens is 410 g/mol. The fourth-order valence-electron chi connectivity index (χ4n) is 7.47. The summed E-state index contributed by atoms with van der Waals surface area (Å²) >= 11 is 0. The van der Waals surface area contributed by atoms with Crippen LogP contribution in [0.25, 0.3) is 0 Å². The molecule has 2 bridgehead atoms. The van der Waals surface area contributed by atoms with Gasteiger partial charge in [0.05, 0.1) is 18.9 Å². The van der Waals surface area contributed by atoms with Crippen molar-refractivity contribution in [3.8, 4) is 0 Å². The Morgan fingerprint density at radius 3 is 2.67 bits per heavy atom. The van der Waals surface area contributed by atoms with Crippen molar-refractivity contribution >= 4 is 5.95 Å². The van der Waals surface area contributed by atoms with Crippen molar-refractivity contribution in [2.75, 3.05) is 38.3 Å². The summed E-state index contributed by atoms with van der Waals surface area (Å²) in [5.41, 5.74) is 2.99. The normalized spacial score (nSPS) is 34.5. The zero-order valence-corrected chi connectivity index (χ0v) is 20.1. The second-order valence-electron chi connectivity index (χ2n) is 10.8. The van der Waals surface area contributed by atoms with Gasteiger partial charge in [-0.05, 0) is 44.4 Å². The lowest BCUT2D eigenvalue weighted by molar-refractivity contribution is -0.00399. The lowest BCUT2D eigenvalue weighted by Gasteiger charge is -2.52. The summed E-state index contributed by atoms with van der Waals surface area (Å²) in [4.78, 5) is 17.5. The maximum absolute atomic E-state index is 5.52. The smallest absolute Gasteiger partial charge is 0.225 e. The molecule has 6 rings (SSSR count). The summed E-state index contributed by atoms with van der Waals surface area (Å²) < 4.78 is 5.52. The highest BCUT2D eigenvalue weighted by Gasteiger charge is 2.61. The van der Waals surface area contributed by atoms with Crippen LogP contribution in [0.5, 0.6) is 0 Å². The van der Waals surface area contributed by atoms with Gasteiger partial charge in [-0.2, -0.15) is 0 Å². The van der Waals surface area contributed by atoms with E-state index in [4.69, 9.17) is 9.72 Å². The third-order valence-corrected chi connectivity index (χ3v) is 9.04. The van der Waals surface area contributed by atoms with Crippen LogP contribution in [0.4, 0.5) is 5.95 Å². The summed E-state index contributed by atoms with van der Waals surface area (Å²) in [5.74, 6) is 0.864. The van der Waals surface area contributed by atoms with E-state index in [1.54, 1.807) is 0 Å². The molecule has 1 aromatic heterocycles. The number of morpholine rings is 1. The molecule has 3 aliphatic heterocycles. The van der Waals surface area contributed by atoms with E-state index in [2.05, 4.69) is 70.1 Å². The number of ether oxygens (including phenoxy) is 1. The highest BCUT2D eigenvalue weighted by Crippen LogP contribution is 2.56. The number of likely N-dealkylation sites (N-methyl/N-ethyl adjacent to an activating group) is 1. The predicted octanol–water partition coefficient (Wildman–Crippen LogP) is 3.37. The van der Waals surface area contributed by atoms with Gasteiger partial charge in [-0.1, -0.05) is 43.7 Å². The molecule has 4 fully saturated rings. The Balaban J connectivity index is 1.29. The van der Waals surface area contributed by atoms with Crippen LogP contribution in [-0.4, -0.2) is 77.3 Å². The average Bonchev–Trinajstić information content (AvgIpc) is 3.14. The van der Waals surface area contributed by atoms with E-state index in [0.29, 0.717) is 29.6 Å². The molecule has 6 nitrogen and oxygen atoms in total. The minimum Gasteiger partial charge on any atom is -0.378 e. The van der Waals surface area contributed by atoms with Crippen LogP contribution in [-0.2, 0) is 17.7 Å².